The molecule has 1 aliphatic carbocycles. The van der Waals surface area contributed by atoms with Crippen molar-refractivity contribution in [1.82, 2.24) is 9.80 Å². The summed E-state index contributed by atoms with van der Waals surface area (Å²) in [5.41, 5.74) is 1.19. The topological polar surface area (TPSA) is 112 Å². The van der Waals surface area contributed by atoms with Gasteiger partial charge < -0.3 is 4.90 Å². The number of nitrogens with zero attached hydrogens (tertiary/aromatic N) is 3. The van der Waals surface area contributed by atoms with Crippen molar-refractivity contribution in [3.8, 4) is 0 Å². The third-order valence-electron chi connectivity index (χ3n) is 6.25. The molecule has 0 N–H and O–H groups in total. The van der Waals surface area contributed by atoms with Crippen molar-refractivity contribution < 1.29 is 27.6 Å². The maximum atomic E-state index is 13.2. The number of rotatable bonds is 5. The van der Waals surface area contributed by atoms with E-state index < -0.39 is 46.2 Å². The fourth-order valence-corrected chi connectivity index (χ4v) is 6.38. The van der Waals surface area contributed by atoms with Crippen LogP contribution in [0.3, 0.4) is 0 Å². The van der Waals surface area contributed by atoms with Crippen LogP contribution < -0.4 is 4.90 Å². The SMILES string of the molecule is Cc1ccc(N2C(=O)C(=O)N(CC(=O)N(C3CCCC3)C3CCS(=O)(=O)C3)C2=O)cc1. The summed E-state index contributed by atoms with van der Waals surface area (Å²) in [5.74, 6) is -2.63. The van der Waals surface area contributed by atoms with E-state index in [4.69, 9.17) is 0 Å². The number of hydrogen-bond donors (Lipinski definition) is 0. The molecule has 2 heterocycles. The molecule has 9 nitrogen and oxygen atoms in total. The van der Waals surface area contributed by atoms with Crippen LogP contribution in [0.5, 0.6) is 0 Å². The van der Waals surface area contributed by atoms with Gasteiger partial charge in [0.25, 0.3) is 0 Å². The van der Waals surface area contributed by atoms with Gasteiger partial charge in [-0.25, -0.2) is 23.0 Å². The number of benzene rings is 1. The van der Waals surface area contributed by atoms with Crippen LogP contribution in [0.1, 0.15) is 37.7 Å². The van der Waals surface area contributed by atoms with Crippen LogP contribution in [0, 0.1) is 6.92 Å². The van der Waals surface area contributed by atoms with Crippen molar-refractivity contribution in [2.45, 2.75) is 51.1 Å². The van der Waals surface area contributed by atoms with E-state index in [1.807, 2.05) is 6.92 Å². The highest BCUT2D eigenvalue weighted by atomic mass is 32.2. The van der Waals surface area contributed by atoms with Crippen molar-refractivity contribution in [2.75, 3.05) is 23.0 Å². The summed E-state index contributed by atoms with van der Waals surface area (Å²) in [7, 11) is -3.21. The molecule has 5 amide bonds. The largest absolute Gasteiger partial charge is 0.339 e. The van der Waals surface area contributed by atoms with Crippen molar-refractivity contribution in [1.29, 1.82) is 0 Å². The summed E-state index contributed by atoms with van der Waals surface area (Å²) < 4.78 is 24.0. The normalized spacial score (nSPS) is 23.8. The highest BCUT2D eigenvalue weighted by Crippen LogP contribution is 2.30. The molecule has 0 aromatic heterocycles. The summed E-state index contributed by atoms with van der Waals surface area (Å²) >= 11 is 0. The Bertz CT molecular complexity index is 1030. The van der Waals surface area contributed by atoms with Crippen LogP contribution in [0.25, 0.3) is 0 Å². The van der Waals surface area contributed by atoms with Crippen LogP contribution in [-0.2, 0) is 24.2 Å². The summed E-state index contributed by atoms with van der Waals surface area (Å²) in [6, 6.07) is 5.14. The van der Waals surface area contributed by atoms with E-state index in [1.54, 1.807) is 29.2 Å². The van der Waals surface area contributed by atoms with Gasteiger partial charge in [0.15, 0.2) is 9.84 Å². The third kappa shape index (κ3) is 4.08. The number of sulfone groups is 1. The molecular weight excluding hydrogens is 422 g/mol. The van der Waals surface area contributed by atoms with Crippen molar-refractivity contribution >= 4 is 39.3 Å². The van der Waals surface area contributed by atoms with E-state index in [-0.39, 0.29) is 23.2 Å². The van der Waals surface area contributed by atoms with Crippen molar-refractivity contribution in [3.63, 3.8) is 0 Å². The Morgan fingerprint density at radius 1 is 1.00 bits per heavy atom. The lowest BCUT2D eigenvalue weighted by Gasteiger charge is -2.34. The summed E-state index contributed by atoms with van der Waals surface area (Å²) in [5, 5.41) is 0. The monoisotopic (exact) mass is 447 g/mol. The number of aryl methyl sites for hydroxylation is 1. The molecule has 2 saturated heterocycles. The van der Waals surface area contributed by atoms with Crippen molar-refractivity contribution in [3.05, 3.63) is 29.8 Å². The molecule has 3 fully saturated rings. The zero-order chi connectivity index (χ0) is 22.3. The van der Waals surface area contributed by atoms with Crippen LogP contribution in [0.15, 0.2) is 24.3 Å². The molecule has 31 heavy (non-hydrogen) atoms. The molecule has 1 saturated carbocycles. The van der Waals surface area contributed by atoms with Gasteiger partial charge in [0.1, 0.15) is 6.54 Å². The Kier molecular flexibility index (Phi) is 5.59. The fourth-order valence-electron chi connectivity index (χ4n) is 4.67. The zero-order valence-electron chi connectivity index (χ0n) is 17.3. The molecule has 1 unspecified atom stereocenters. The number of amides is 5. The highest BCUT2D eigenvalue weighted by molar-refractivity contribution is 7.91. The van der Waals surface area contributed by atoms with E-state index in [2.05, 4.69) is 0 Å². The van der Waals surface area contributed by atoms with Crippen LogP contribution >= 0.6 is 0 Å². The summed E-state index contributed by atoms with van der Waals surface area (Å²) in [6.07, 6.45) is 3.75. The van der Waals surface area contributed by atoms with E-state index in [0.717, 1.165) is 36.1 Å². The molecular formula is C21H25N3O6S. The Labute approximate surface area is 180 Å². The molecule has 0 bridgehead atoms. The number of carbonyl (C=O) groups excluding carboxylic acids is 4. The Hall–Kier alpha value is -2.75. The lowest BCUT2D eigenvalue weighted by Crippen LogP contribution is -2.51. The number of carbonyl (C=O) groups is 4. The minimum absolute atomic E-state index is 0.0232. The molecule has 10 heteroatoms. The van der Waals surface area contributed by atoms with E-state index in [9.17, 15) is 27.6 Å². The molecule has 1 aromatic rings. The molecule has 166 valence electrons. The van der Waals surface area contributed by atoms with Gasteiger partial charge in [-0.2, -0.15) is 0 Å². The molecule has 1 aromatic carbocycles. The van der Waals surface area contributed by atoms with Gasteiger partial charge in [-0.3, -0.25) is 14.4 Å². The first-order chi connectivity index (χ1) is 14.7. The van der Waals surface area contributed by atoms with Crippen molar-refractivity contribution in [2.24, 2.45) is 0 Å². The standard InChI is InChI=1S/C21H25N3O6S/c1-14-6-8-16(9-7-14)24-20(27)19(26)22(21(24)28)12-18(25)23(15-4-2-3-5-15)17-10-11-31(29,30)13-17/h6-9,15,17H,2-5,10-13H2,1H3. The first-order valence-electron chi connectivity index (χ1n) is 10.5. The van der Waals surface area contributed by atoms with Gasteiger partial charge in [0.05, 0.1) is 17.2 Å². The Morgan fingerprint density at radius 3 is 2.23 bits per heavy atom. The molecule has 1 atom stereocenters. The number of anilines is 1. The second kappa shape index (κ2) is 8.07. The van der Waals surface area contributed by atoms with Crippen LogP contribution in [0.2, 0.25) is 0 Å². The number of imide groups is 2. The van der Waals surface area contributed by atoms with E-state index in [0.29, 0.717) is 11.3 Å². The highest BCUT2D eigenvalue weighted by Gasteiger charge is 2.48. The van der Waals surface area contributed by atoms with Gasteiger partial charge in [-0.15, -0.1) is 0 Å². The van der Waals surface area contributed by atoms with E-state index >= 15 is 0 Å². The molecule has 2 aliphatic heterocycles. The summed E-state index contributed by atoms with van der Waals surface area (Å²) in [6.45, 7) is 1.28. The quantitative estimate of drug-likeness (QED) is 0.496. The second-order valence-electron chi connectivity index (χ2n) is 8.45. The van der Waals surface area contributed by atoms with Gasteiger partial charge in [0.2, 0.25) is 5.91 Å². The molecule has 4 rings (SSSR count). The molecule has 3 aliphatic rings. The zero-order valence-corrected chi connectivity index (χ0v) is 18.1. The van der Waals surface area contributed by atoms with Gasteiger partial charge in [-0.05, 0) is 38.3 Å². The smallest absolute Gasteiger partial charge is 0.334 e. The third-order valence-corrected chi connectivity index (χ3v) is 8.00. The summed E-state index contributed by atoms with van der Waals surface area (Å²) in [4.78, 5) is 54.1. The number of hydrogen-bond acceptors (Lipinski definition) is 6. The number of urea groups is 1. The first-order valence-corrected chi connectivity index (χ1v) is 12.3. The maximum absolute atomic E-state index is 13.2. The van der Waals surface area contributed by atoms with Crippen LogP contribution in [0.4, 0.5) is 10.5 Å². The molecule has 0 spiro atoms. The minimum Gasteiger partial charge on any atom is -0.334 e. The van der Waals surface area contributed by atoms with Gasteiger partial charge >= 0.3 is 17.8 Å². The van der Waals surface area contributed by atoms with E-state index in [1.165, 1.54) is 0 Å². The lowest BCUT2D eigenvalue weighted by atomic mass is 10.1. The fraction of sp³-hybridized carbons (Fsp3) is 0.524. The molecule has 0 radical (unpaired) electrons. The Balaban J connectivity index is 1.55. The predicted molar refractivity (Wildman–Crippen MR) is 112 cm³/mol. The Morgan fingerprint density at radius 2 is 1.65 bits per heavy atom. The minimum atomic E-state index is -3.21. The lowest BCUT2D eigenvalue weighted by molar-refractivity contribution is -0.143. The van der Waals surface area contributed by atoms with Crippen LogP contribution in [-0.4, -0.2) is 72.1 Å². The first kappa shape index (κ1) is 21.5. The average molecular weight is 448 g/mol. The average Bonchev–Trinajstić information content (AvgIpc) is 3.41. The predicted octanol–water partition coefficient (Wildman–Crippen LogP) is 1.25. The second-order valence-corrected chi connectivity index (χ2v) is 10.7. The van der Waals surface area contributed by atoms with Gasteiger partial charge in [0, 0.05) is 12.1 Å². The maximum Gasteiger partial charge on any atom is 0.339 e. The van der Waals surface area contributed by atoms with Gasteiger partial charge in [-0.1, -0.05) is 30.5 Å².